The predicted molar refractivity (Wildman–Crippen MR) is 148 cm³/mol. The number of halogens is 1. The topological polar surface area (TPSA) is 148 Å². The number of nitrogen functional groups attached to an aromatic ring is 1. The van der Waals surface area contributed by atoms with Gasteiger partial charge in [-0.05, 0) is 31.8 Å². The number of nitrogens with two attached hydrogens (primary N) is 1. The maximum atomic E-state index is 15.0. The van der Waals surface area contributed by atoms with Gasteiger partial charge < -0.3 is 30.0 Å². The van der Waals surface area contributed by atoms with Crippen molar-refractivity contribution in [1.29, 1.82) is 0 Å². The molecule has 0 atom stereocenters. The van der Waals surface area contributed by atoms with E-state index in [1.54, 1.807) is 19.1 Å². The molecular formula is C27H26FN7O5. The molecule has 0 spiro atoms. The Morgan fingerprint density at radius 3 is 2.42 bits per heavy atom. The SMILES string of the molecule is C=Nc1cc(OC)c(OC)cc1C(=C)Oc1ccc(NC(=O)c2nn(-c3cnc(N)nc3)cc2OCC)cc1F. The number of amides is 1. The highest BCUT2D eigenvalue weighted by atomic mass is 19.1. The van der Waals surface area contributed by atoms with Crippen molar-refractivity contribution < 1.29 is 28.1 Å². The van der Waals surface area contributed by atoms with Gasteiger partial charge in [-0.3, -0.25) is 9.79 Å². The van der Waals surface area contributed by atoms with Gasteiger partial charge in [-0.2, -0.15) is 5.10 Å². The molecule has 0 aliphatic rings. The smallest absolute Gasteiger partial charge is 0.280 e. The molecule has 0 aliphatic heterocycles. The second-order valence-electron chi connectivity index (χ2n) is 8.03. The van der Waals surface area contributed by atoms with Gasteiger partial charge >= 0.3 is 0 Å². The fourth-order valence-electron chi connectivity index (χ4n) is 3.62. The number of carbonyl (C=O) groups excluding carboxylic acids is 1. The molecule has 0 saturated heterocycles. The summed E-state index contributed by atoms with van der Waals surface area (Å²) in [6.07, 6.45) is 4.41. The Morgan fingerprint density at radius 2 is 1.80 bits per heavy atom. The van der Waals surface area contributed by atoms with E-state index in [1.807, 2.05) is 0 Å². The fraction of sp³-hybridized carbons (Fsp3) is 0.148. The van der Waals surface area contributed by atoms with Crippen LogP contribution in [-0.4, -0.2) is 53.2 Å². The Balaban J connectivity index is 1.53. The van der Waals surface area contributed by atoms with Crippen LogP contribution in [-0.2, 0) is 0 Å². The van der Waals surface area contributed by atoms with E-state index < -0.39 is 11.7 Å². The number of nitrogens with zero attached hydrogens (tertiary/aromatic N) is 5. The van der Waals surface area contributed by atoms with Gasteiger partial charge in [0.1, 0.15) is 11.4 Å². The van der Waals surface area contributed by atoms with E-state index in [0.29, 0.717) is 28.4 Å². The molecule has 0 bridgehead atoms. The minimum atomic E-state index is -0.748. The van der Waals surface area contributed by atoms with Crippen molar-refractivity contribution in [2.75, 3.05) is 31.9 Å². The van der Waals surface area contributed by atoms with Crippen LogP contribution < -0.4 is 30.0 Å². The number of hydrogen-bond acceptors (Lipinski definition) is 10. The van der Waals surface area contributed by atoms with Crippen LogP contribution in [0, 0.1) is 5.82 Å². The first kappa shape index (κ1) is 27.6. The molecule has 0 fully saturated rings. The Kier molecular flexibility index (Phi) is 8.23. The highest BCUT2D eigenvalue weighted by molar-refractivity contribution is 6.04. The molecule has 40 heavy (non-hydrogen) atoms. The van der Waals surface area contributed by atoms with Gasteiger partial charge in [0.05, 0.1) is 45.1 Å². The van der Waals surface area contributed by atoms with E-state index in [0.717, 1.165) is 6.07 Å². The number of rotatable bonds is 11. The second kappa shape index (κ2) is 11.9. The average Bonchev–Trinajstić information content (AvgIpc) is 3.38. The summed E-state index contributed by atoms with van der Waals surface area (Å²) in [4.78, 5) is 24.8. The molecule has 2 heterocycles. The summed E-state index contributed by atoms with van der Waals surface area (Å²) < 4.78 is 38.2. The summed E-state index contributed by atoms with van der Waals surface area (Å²) in [5.74, 6) is -0.246. The summed E-state index contributed by atoms with van der Waals surface area (Å²) in [5.41, 5.74) is 6.97. The first-order valence-corrected chi connectivity index (χ1v) is 11.8. The Morgan fingerprint density at radius 1 is 1.10 bits per heavy atom. The van der Waals surface area contributed by atoms with Gasteiger partial charge in [0.25, 0.3) is 5.91 Å². The van der Waals surface area contributed by atoms with Crippen molar-refractivity contribution in [3.8, 4) is 28.7 Å². The first-order chi connectivity index (χ1) is 19.3. The third kappa shape index (κ3) is 5.83. The van der Waals surface area contributed by atoms with Gasteiger partial charge in [0, 0.05) is 23.4 Å². The first-order valence-electron chi connectivity index (χ1n) is 11.8. The van der Waals surface area contributed by atoms with E-state index in [4.69, 9.17) is 24.7 Å². The Bertz CT molecular complexity index is 1570. The average molecular weight is 548 g/mol. The van der Waals surface area contributed by atoms with Crippen molar-refractivity contribution in [3.63, 3.8) is 0 Å². The van der Waals surface area contributed by atoms with Gasteiger partial charge in [0.2, 0.25) is 5.95 Å². The highest BCUT2D eigenvalue weighted by Gasteiger charge is 2.21. The van der Waals surface area contributed by atoms with Crippen LogP contribution in [0.3, 0.4) is 0 Å². The summed E-state index contributed by atoms with van der Waals surface area (Å²) in [6.45, 7) is 9.49. The van der Waals surface area contributed by atoms with E-state index in [-0.39, 0.29) is 41.2 Å². The highest BCUT2D eigenvalue weighted by Crippen LogP contribution is 2.38. The minimum Gasteiger partial charge on any atom is -0.493 e. The summed E-state index contributed by atoms with van der Waals surface area (Å²) in [5, 5.41) is 6.89. The van der Waals surface area contributed by atoms with E-state index in [1.165, 1.54) is 49.6 Å². The lowest BCUT2D eigenvalue weighted by atomic mass is 10.1. The van der Waals surface area contributed by atoms with Gasteiger partial charge in [-0.25, -0.2) is 19.0 Å². The molecule has 12 nitrogen and oxygen atoms in total. The molecule has 4 rings (SSSR count). The lowest BCUT2D eigenvalue weighted by Gasteiger charge is -2.15. The van der Waals surface area contributed by atoms with E-state index >= 15 is 4.39 Å². The van der Waals surface area contributed by atoms with Crippen LogP contribution in [0.4, 0.5) is 21.7 Å². The lowest BCUT2D eigenvalue weighted by molar-refractivity contribution is 0.101. The zero-order chi connectivity index (χ0) is 28.8. The molecule has 0 radical (unpaired) electrons. The summed E-state index contributed by atoms with van der Waals surface area (Å²) in [6, 6.07) is 7.13. The second-order valence-corrected chi connectivity index (χ2v) is 8.03. The van der Waals surface area contributed by atoms with Gasteiger partial charge in [0.15, 0.2) is 34.5 Å². The molecule has 4 aromatic rings. The van der Waals surface area contributed by atoms with Crippen molar-refractivity contribution in [3.05, 3.63) is 72.6 Å². The van der Waals surface area contributed by atoms with Gasteiger partial charge in [-0.1, -0.05) is 6.58 Å². The van der Waals surface area contributed by atoms with Crippen LogP contribution in [0.25, 0.3) is 11.4 Å². The standard InChI is InChI=1S/C27H26FN7O5/c1-6-39-24-14-35(17-12-31-27(29)32-13-17)34-25(24)26(36)33-16-7-8-21(19(28)9-16)40-15(2)18-10-22(37-4)23(38-5)11-20(18)30-3/h7-14H,2-3,6H2,1,4-5H3,(H,33,36)(H2,29,31,32). The molecule has 2 aromatic heterocycles. The number of anilines is 2. The van der Waals surface area contributed by atoms with Crippen molar-refractivity contribution in [1.82, 2.24) is 19.7 Å². The summed E-state index contributed by atoms with van der Waals surface area (Å²) in [7, 11) is 2.97. The molecule has 2 aromatic carbocycles. The minimum absolute atomic E-state index is 0.0225. The molecular weight excluding hydrogens is 521 g/mol. The van der Waals surface area contributed by atoms with Crippen LogP contribution in [0.15, 0.2) is 60.5 Å². The Hall–Kier alpha value is -5.46. The number of carbonyl (C=O) groups is 1. The number of nitrogens with one attached hydrogen (secondary N) is 1. The van der Waals surface area contributed by atoms with Crippen LogP contribution in [0.5, 0.6) is 23.0 Å². The third-order valence-corrected chi connectivity index (χ3v) is 5.51. The monoisotopic (exact) mass is 547 g/mol. The van der Waals surface area contributed by atoms with Crippen molar-refractivity contribution >= 4 is 35.7 Å². The zero-order valence-electron chi connectivity index (χ0n) is 22.0. The van der Waals surface area contributed by atoms with Crippen LogP contribution in [0.1, 0.15) is 23.0 Å². The fourth-order valence-corrected chi connectivity index (χ4v) is 3.62. The number of ether oxygens (including phenoxy) is 4. The van der Waals surface area contributed by atoms with Crippen LogP contribution in [0.2, 0.25) is 0 Å². The maximum Gasteiger partial charge on any atom is 0.280 e. The lowest BCUT2D eigenvalue weighted by Crippen LogP contribution is -2.15. The van der Waals surface area contributed by atoms with Crippen molar-refractivity contribution in [2.24, 2.45) is 4.99 Å². The summed E-state index contributed by atoms with van der Waals surface area (Å²) >= 11 is 0. The molecule has 0 unspecified atom stereocenters. The largest absolute Gasteiger partial charge is 0.493 e. The number of aromatic nitrogens is 4. The third-order valence-electron chi connectivity index (χ3n) is 5.51. The predicted octanol–water partition coefficient (Wildman–Crippen LogP) is 4.43. The number of methoxy groups -OCH3 is 2. The quantitative estimate of drug-likeness (QED) is 0.205. The van der Waals surface area contributed by atoms with E-state index in [2.05, 4.69) is 38.7 Å². The molecule has 13 heteroatoms. The number of benzene rings is 2. The Labute approximate surface area is 228 Å². The maximum absolute atomic E-state index is 15.0. The number of hydrogen-bond donors (Lipinski definition) is 2. The van der Waals surface area contributed by atoms with E-state index in [9.17, 15) is 4.79 Å². The number of aliphatic imine (C=N–C) groups is 1. The normalized spacial score (nSPS) is 10.5. The molecule has 1 amide bonds. The molecule has 206 valence electrons. The van der Waals surface area contributed by atoms with Crippen molar-refractivity contribution in [2.45, 2.75) is 6.92 Å². The molecule has 0 aliphatic carbocycles. The van der Waals surface area contributed by atoms with Gasteiger partial charge in [-0.15, -0.1) is 0 Å². The molecule has 0 saturated carbocycles. The zero-order valence-corrected chi connectivity index (χ0v) is 22.0. The van der Waals surface area contributed by atoms with Crippen LogP contribution >= 0.6 is 0 Å². The molecule has 3 N–H and O–H groups in total.